The smallest absolute Gasteiger partial charge is 0.194 e. The Morgan fingerprint density at radius 1 is 1.27 bits per heavy atom. The third kappa shape index (κ3) is 5.60. The largest absolute Gasteiger partial charge is 0.357 e. The normalized spacial score (nSPS) is 12.2. The molecule has 0 radical (unpaired) electrons. The van der Waals surface area contributed by atoms with Crippen LogP contribution in [0.3, 0.4) is 0 Å². The number of aliphatic imine (C=N–C) groups is 1. The predicted molar refractivity (Wildman–Crippen MR) is 109 cm³/mol. The van der Waals surface area contributed by atoms with Gasteiger partial charge in [0.25, 0.3) is 0 Å². The Balaban J connectivity index is 2.04. The van der Waals surface area contributed by atoms with Gasteiger partial charge >= 0.3 is 0 Å². The van der Waals surface area contributed by atoms with Crippen molar-refractivity contribution in [1.82, 2.24) is 14.8 Å². The molecule has 0 aliphatic heterocycles. The van der Waals surface area contributed by atoms with Gasteiger partial charge in [0.2, 0.25) is 0 Å². The highest BCUT2D eigenvalue weighted by Gasteiger charge is 2.14. The minimum absolute atomic E-state index is 0.0263. The van der Waals surface area contributed by atoms with Gasteiger partial charge in [0, 0.05) is 37.0 Å². The molecule has 0 saturated heterocycles. The molecule has 0 amide bonds. The van der Waals surface area contributed by atoms with Gasteiger partial charge in [0.05, 0.1) is 23.7 Å². The highest BCUT2D eigenvalue weighted by molar-refractivity contribution is 9.10. The third-order valence-corrected chi connectivity index (χ3v) is 6.18. The molecule has 0 aliphatic rings. The van der Waals surface area contributed by atoms with E-state index in [4.69, 9.17) is 0 Å². The van der Waals surface area contributed by atoms with Crippen molar-refractivity contribution in [3.63, 3.8) is 0 Å². The van der Waals surface area contributed by atoms with Crippen LogP contribution in [-0.2, 0) is 23.4 Å². The summed E-state index contributed by atoms with van der Waals surface area (Å²) in [5.41, 5.74) is 1.15. The molecule has 0 saturated carbocycles. The van der Waals surface area contributed by atoms with E-state index < -0.39 is 9.84 Å². The monoisotopic (exact) mass is 440 g/mol. The maximum Gasteiger partial charge on any atom is 0.194 e. The molecule has 6 nitrogen and oxygen atoms in total. The van der Waals surface area contributed by atoms with Gasteiger partial charge in [-0.3, -0.25) is 4.99 Å². The number of aromatic nitrogens is 1. The van der Waals surface area contributed by atoms with Gasteiger partial charge in [-0.2, -0.15) is 0 Å². The fourth-order valence-corrected chi connectivity index (χ4v) is 3.86. The van der Waals surface area contributed by atoms with Gasteiger partial charge in [0.1, 0.15) is 0 Å². The summed E-state index contributed by atoms with van der Waals surface area (Å²) < 4.78 is 27.8. The van der Waals surface area contributed by atoms with Crippen LogP contribution in [0, 0.1) is 0 Å². The van der Waals surface area contributed by atoms with Crippen LogP contribution in [0.25, 0.3) is 0 Å². The topological polar surface area (TPSA) is 66.7 Å². The number of aryl methyl sites for hydroxylation is 1. The highest BCUT2D eigenvalue weighted by atomic mass is 79.9. The van der Waals surface area contributed by atoms with Crippen LogP contribution in [0.1, 0.15) is 12.6 Å². The van der Waals surface area contributed by atoms with E-state index in [2.05, 4.69) is 36.9 Å². The van der Waals surface area contributed by atoms with Crippen molar-refractivity contribution in [3.8, 4) is 0 Å². The first-order valence-corrected chi connectivity index (χ1v) is 10.9. The Bertz CT molecular complexity index is 844. The maximum atomic E-state index is 12.4. The van der Waals surface area contributed by atoms with Crippen LogP contribution in [-0.4, -0.2) is 49.7 Å². The van der Waals surface area contributed by atoms with Crippen molar-refractivity contribution in [2.45, 2.75) is 18.4 Å². The summed E-state index contributed by atoms with van der Waals surface area (Å²) in [6.45, 7) is 3.60. The first-order chi connectivity index (χ1) is 12.3. The molecule has 0 spiro atoms. The number of hydrogen-bond acceptors (Lipinski definition) is 3. The van der Waals surface area contributed by atoms with Gasteiger partial charge in [-0.15, -0.1) is 0 Å². The summed E-state index contributed by atoms with van der Waals surface area (Å²) in [6.07, 6.45) is 2.00. The third-order valence-electron chi connectivity index (χ3n) is 3.94. The molecule has 2 rings (SSSR count). The molecule has 0 aliphatic carbocycles. The van der Waals surface area contributed by atoms with E-state index >= 15 is 0 Å². The molecule has 1 N–H and O–H groups in total. The first-order valence-electron chi connectivity index (χ1n) is 8.41. The first kappa shape index (κ1) is 20.5. The number of nitrogens with zero attached hydrogens (tertiary/aromatic N) is 3. The quantitative estimate of drug-likeness (QED) is 0.530. The molecule has 2 aromatic rings. The lowest BCUT2D eigenvalue weighted by Gasteiger charge is -2.22. The summed E-state index contributed by atoms with van der Waals surface area (Å²) in [5.74, 6) is 0.668. The van der Waals surface area contributed by atoms with Gasteiger partial charge < -0.3 is 14.8 Å². The van der Waals surface area contributed by atoms with Gasteiger partial charge in [-0.25, -0.2) is 8.42 Å². The maximum absolute atomic E-state index is 12.4. The lowest BCUT2D eigenvalue weighted by molar-refractivity contribution is 0.462. The minimum atomic E-state index is -3.35. The molecule has 8 heteroatoms. The Kier molecular flexibility index (Phi) is 7.28. The molecule has 142 valence electrons. The fourth-order valence-electron chi connectivity index (χ4n) is 2.48. The molecule has 0 atom stereocenters. The second-order valence-electron chi connectivity index (χ2n) is 5.97. The number of hydrogen-bond donors (Lipinski definition) is 1. The van der Waals surface area contributed by atoms with E-state index in [9.17, 15) is 8.42 Å². The zero-order valence-corrected chi connectivity index (χ0v) is 17.7. The van der Waals surface area contributed by atoms with Crippen molar-refractivity contribution >= 4 is 31.7 Å². The van der Waals surface area contributed by atoms with Crippen LogP contribution in [0.4, 0.5) is 0 Å². The summed E-state index contributed by atoms with van der Waals surface area (Å²) in [7, 11) is 0.592. The Morgan fingerprint density at radius 3 is 2.54 bits per heavy atom. The van der Waals surface area contributed by atoms with Crippen LogP contribution < -0.4 is 5.32 Å². The van der Waals surface area contributed by atoms with Crippen LogP contribution >= 0.6 is 15.9 Å². The second kappa shape index (κ2) is 9.23. The zero-order valence-electron chi connectivity index (χ0n) is 15.3. The Hall–Kier alpha value is -1.80. The molecule has 0 fully saturated rings. The molecule has 1 aromatic carbocycles. The number of rotatable bonds is 7. The van der Waals surface area contributed by atoms with E-state index in [0.717, 1.165) is 16.7 Å². The predicted octanol–water partition coefficient (Wildman–Crippen LogP) is 2.66. The summed E-state index contributed by atoms with van der Waals surface area (Å²) in [5, 5.41) is 3.21. The van der Waals surface area contributed by atoms with Gasteiger partial charge in [-0.1, -0.05) is 15.9 Å². The van der Waals surface area contributed by atoms with Crippen molar-refractivity contribution in [3.05, 3.63) is 52.8 Å². The molecule has 0 bridgehead atoms. The average molecular weight is 441 g/mol. The fraction of sp³-hybridized carbons (Fsp3) is 0.389. The van der Waals surface area contributed by atoms with Gasteiger partial charge in [-0.05, 0) is 43.3 Å². The standard InChI is InChI=1S/C18H25BrN4O2S/c1-4-20-18(23(3)14-16-6-5-12-22(16)2)21-11-13-26(24,25)17-9-7-15(19)8-10-17/h5-10,12H,4,11,13-14H2,1-3H3,(H,20,21). The number of nitrogens with one attached hydrogen (secondary N) is 1. The molecule has 0 unspecified atom stereocenters. The molecular weight excluding hydrogens is 416 g/mol. The van der Waals surface area contributed by atoms with E-state index in [1.54, 1.807) is 24.3 Å². The summed E-state index contributed by atoms with van der Waals surface area (Å²) in [4.78, 5) is 6.79. The zero-order chi connectivity index (χ0) is 19.2. The second-order valence-corrected chi connectivity index (χ2v) is 9.00. The van der Waals surface area contributed by atoms with Crippen molar-refractivity contribution < 1.29 is 8.42 Å². The average Bonchev–Trinajstić information content (AvgIpc) is 2.99. The SMILES string of the molecule is CCNC(=NCCS(=O)(=O)c1ccc(Br)cc1)N(C)Cc1cccn1C. The van der Waals surface area contributed by atoms with E-state index in [0.29, 0.717) is 17.4 Å². The Morgan fingerprint density at radius 2 is 1.96 bits per heavy atom. The van der Waals surface area contributed by atoms with E-state index in [-0.39, 0.29) is 12.3 Å². The molecular formula is C18H25BrN4O2S. The van der Waals surface area contributed by atoms with E-state index in [1.165, 1.54) is 0 Å². The number of halogens is 1. The van der Waals surface area contributed by atoms with Gasteiger partial charge in [0.15, 0.2) is 15.8 Å². The molecule has 26 heavy (non-hydrogen) atoms. The van der Waals surface area contributed by atoms with Crippen molar-refractivity contribution in [2.24, 2.45) is 12.0 Å². The summed E-state index contributed by atoms with van der Waals surface area (Å²) in [6, 6.07) is 10.7. The van der Waals surface area contributed by atoms with E-state index in [1.807, 2.05) is 38.2 Å². The molecule has 1 heterocycles. The van der Waals surface area contributed by atoms with Crippen molar-refractivity contribution in [2.75, 3.05) is 25.9 Å². The number of benzene rings is 1. The van der Waals surface area contributed by atoms with Crippen LogP contribution in [0.2, 0.25) is 0 Å². The summed E-state index contributed by atoms with van der Waals surface area (Å²) >= 11 is 3.31. The van der Waals surface area contributed by atoms with Crippen LogP contribution in [0.15, 0.2) is 57.0 Å². The molecule has 1 aromatic heterocycles. The number of sulfone groups is 1. The number of guanidine groups is 1. The highest BCUT2D eigenvalue weighted by Crippen LogP contribution is 2.16. The van der Waals surface area contributed by atoms with Crippen molar-refractivity contribution in [1.29, 1.82) is 0 Å². The van der Waals surface area contributed by atoms with Crippen LogP contribution in [0.5, 0.6) is 0 Å². The Labute approximate surface area is 164 Å². The lowest BCUT2D eigenvalue weighted by atomic mass is 10.4. The minimum Gasteiger partial charge on any atom is -0.357 e. The lowest BCUT2D eigenvalue weighted by Crippen LogP contribution is -2.39.